The summed E-state index contributed by atoms with van der Waals surface area (Å²) in [5.74, 6) is 0.242. The molecule has 6 rings (SSSR count). The van der Waals surface area contributed by atoms with Gasteiger partial charge in [0.25, 0.3) is 0 Å². The molecule has 2 aromatic carbocycles. The number of carbonyl (C=O) groups is 1. The van der Waals surface area contributed by atoms with Gasteiger partial charge in [-0.1, -0.05) is 60.7 Å². The van der Waals surface area contributed by atoms with Crippen LogP contribution >= 0.6 is 7.60 Å². The summed E-state index contributed by atoms with van der Waals surface area (Å²) in [7, 11) is -3.98. The lowest BCUT2D eigenvalue weighted by Gasteiger charge is -2.22. The number of hydrogen-bond acceptors (Lipinski definition) is 9. The topological polar surface area (TPSA) is 159 Å². The average Bonchev–Trinajstić information content (AvgIpc) is 3.67. The third kappa shape index (κ3) is 6.21. The molecule has 4 unspecified atom stereocenters. The fourth-order valence-electron chi connectivity index (χ4n) is 5.15. The number of carbonyl (C=O) groups excluding carboxylic acids is 1. The summed E-state index contributed by atoms with van der Waals surface area (Å²) in [6.07, 6.45) is 0.0292. The molecule has 3 N–H and O–H groups in total. The molecule has 42 heavy (non-hydrogen) atoms. The number of fused-ring (bicyclic) bond motifs is 2. The summed E-state index contributed by atoms with van der Waals surface area (Å²) in [4.78, 5) is 35.7. The zero-order valence-corrected chi connectivity index (χ0v) is 23.7. The Morgan fingerprint density at radius 1 is 1.00 bits per heavy atom. The second-order valence-corrected chi connectivity index (χ2v) is 11.8. The molecule has 6 atom stereocenters. The Kier molecular flexibility index (Phi) is 8.29. The van der Waals surface area contributed by atoms with Gasteiger partial charge in [-0.2, -0.15) is 0 Å². The van der Waals surface area contributed by atoms with Crippen LogP contribution in [0.1, 0.15) is 24.3 Å². The van der Waals surface area contributed by atoms with Gasteiger partial charge in [-0.3, -0.25) is 14.4 Å². The minimum absolute atomic E-state index is 0.128. The number of hydrogen-bond donors (Lipinski definition) is 3. The summed E-state index contributed by atoms with van der Waals surface area (Å²) in [6.45, 7) is 2.07. The molecule has 4 heterocycles. The molecule has 0 aliphatic carbocycles. The van der Waals surface area contributed by atoms with Gasteiger partial charge in [-0.15, -0.1) is 0 Å². The minimum Gasteiger partial charge on any atom is -0.347 e. The van der Waals surface area contributed by atoms with Crippen LogP contribution in [0.15, 0.2) is 73.3 Å². The summed E-state index contributed by atoms with van der Waals surface area (Å²) in [5, 5.41) is 5.34. The Morgan fingerprint density at radius 3 is 2.45 bits per heavy atom. The molecule has 2 aliphatic heterocycles. The molecule has 0 radical (unpaired) electrons. The van der Waals surface area contributed by atoms with E-state index in [9.17, 15) is 14.3 Å². The van der Waals surface area contributed by atoms with Crippen LogP contribution in [0, 0.1) is 0 Å². The van der Waals surface area contributed by atoms with Gasteiger partial charge in [0.1, 0.15) is 24.6 Å². The second-order valence-electron chi connectivity index (χ2n) is 9.99. The highest BCUT2D eigenvalue weighted by molar-refractivity contribution is 7.51. The first-order chi connectivity index (χ1) is 20.4. The van der Waals surface area contributed by atoms with Gasteiger partial charge in [-0.25, -0.2) is 19.7 Å². The molecule has 14 heteroatoms. The van der Waals surface area contributed by atoms with Gasteiger partial charge in [0.2, 0.25) is 0 Å². The van der Waals surface area contributed by atoms with Crippen LogP contribution in [0.25, 0.3) is 11.2 Å². The van der Waals surface area contributed by atoms with E-state index in [4.69, 9.17) is 18.7 Å². The molecule has 4 aromatic rings. The minimum atomic E-state index is -3.98. The van der Waals surface area contributed by atoms with E-state index in [1.165, 1.54) is 12.7 Å². The molecule has 2 saturated heterocycles. The number of nitrogens with zero attached hydrogens (tertiary/aromatic N) is 4. The Hall–Kier alpha value is -3.71. The van der Waals surface area contributed by atoms with Gasteiger partial charge < -0.3 is 28.9 Å². The number of ether oxygens (including phenoxy) is 3. The number of rotatable bonds is 10. The third-order valence-electron chi connectivity index (χ3n) is 7.02. The van der Waals surface area contributed by atoms with Gasteiger partial charge in [-0.05, 0) is 18.1 Å². The number of benzene rings is 2. The fraction of sp³-hybridized carbons (Fsp3) is 0.357. The van der Waals surface area contributed by atoms with Gasteiger partial charge in [0.05, 0.1) is 19.1 Å². The van der Waals surface area contributed by atoms with Crippen molar-refractivity contribution >= 4 is 30.6 Å². The lowest BCUT2D eigenvalue weighted by atomic mass is 10.1. The summed E-state index contributed by atoms with van der Waals surface area (Å²) in [5.41, 5.74) is 2.51. The zero-order chi connectivity index (χ0) is 29.1. The van der Waals surface area contributed by atoms with E-state index in [0.29, 0.717) is 29.7 Å². The molecule has 220 valence electrons. The van der Waals surface area contributed by atoms with E-state index < -0.39 is 44.5 Å². The van der Waals surface area contributed by atoms with Crippen LogP contribution in [-0.2, 0) is 35.9 Å². The number of imidazole rings is 1. The largest absolute Gasteiger partial charge is 0.347 e. The number of nitrogens with one attached hydrogen (secondary N) is 2. The van der Waals surface area contributed by atoms with Crippen LogP contribution in [0.2, 0.25) is 0 Å². The summed E-state index contributed by atoms with van der Waals surface area (Å²) in [6, 6.07) is 18.4. The molecule has 0 saturated carbocycles. The molecule has 0 bridgehead atoms. The standard InChI is InChI=1S/C28H31N6O7P/c1-2-29-28(35)33-25-22-26(31-16-30-25)34(17-32-22)27-24-23(40-21(41-24)13-18-9-5-3-6-10-18)20(39-27)14-38-42(36,37)15-19-11-7-4-8-12-19/h3-12,16-17,20-21,23-24,27H,2,13-15H2,1H3,(H,36,37)(H2,29,30,31,33,35)/t20-,21?,23?,24?,27-/m1/s1. The van der Waals surface area contributed by atoms with Crippen LogP contribution in [0.5, 0.6) is 0 Å². The van der Waals surface area contributed by atoms with Gasteiger partial charge in [0.15, 0.2) is 29.5 Å². The maximum Gasteiger partial charge on any atom is 0.332 e. The highest BCUT2D eigenvalue weighted by Crippen LogP contribution is 2.48. The first-order valence-electron chi connectivity index (χ1n) is 13.6. The predicted molar refractivity (Wildman–Crippen MR) is 152 cm³/mol. The highest BCUT2D eigenvalue weighted by atomic mass is 31.2. The van der Waals surface area contributed by atoms with Crippen molar-refractivity contribution in [3.05, 3.63) is 84.4 Å². The molecule has 2 fully saturated rings. The maximum atomic E-state index is 12.9. The van der Waals surface area contributed by atoms with Crippen molar-refractivity contribution in [1.82, 2.24) is 24.8 Å². The Morgan fingerprint density at radius 2 is 1.71 bits per heavy atom. The van der Waals surface area contributed by atoms with Crippen LogP contribution in [0.3, 0.4) is 0 Å². The summed E-state index contributed by atoms with van der Waals surface area (Å²) < 4.78 is 39.2. The smallest absolute Gasteiger partial charge is 0.332 e. The predicted octanol–water partition coefficient (Wildman–Crippen LogP) is 3.62. The van der Waals surface area contributed by atoms with Crippen LogP contribution in [-0.4, -0.2) is 68.2 Å². The highest BCUT2D eigenvalue weighted by Gasteiger charge is 2.54. The van der Waals surface area contributed by atoms with E-state index in [1.807, 2.05) is 43.3 Å². The lowest BCUT2D eigenvalue weighted by Crippen LogP contribution is -2.31. The molecular weight excluding hydrogens is 563 g/mol. The van der Waals surface area contributed by atoms with Crippen molar-refractivity contribution in [3.63, 3.8) is 0 Å². The summed E-state index contributed by atoms with van der Waals surface area (Å²) >= 11 is 0. The number of amides is 2. The van der Waals surface area contributed by atoms with E-state index in [2.05, 4.69) is 25.6 Å². The Balaban J connectivity index is 1.24. The van der Waals surface area contributed by atoms with Gasteiger partial charge >= 0.3 is 13.6 Å². The van der Waals surface area contributed by atoms with E-state index >= 15 is 0 Å². The van der Waals surface area contributed by atoms with Crippen LogP contribution < -0.4 is 10.6 Å². The molecular formula is C28H31N6O7P. The first-order valence-corrected chi connectivity index (χ1v) is 15.4. The second kappa shape index (κ2) is 12.3. The number of urea groups is 1. The van der Waals surface area contributed by atoms with Crippen molar-refractivity contribution in [1.29, 1.82) is 0 Å². The SMILES string of the molecule is CCNC(=O)Nc1ncnc2c1ncn2[C@@H]1O[C@H](COP(=O)(O)Cc2ccccc2)C2OC(Cc3ccccc3)OC21. The molecule has 2 aliphatic rings. The average molecular weight is 595 g/mol. The van der Waals surface area contributed by atoms with E-state index in [-0.39, 0.29) is 18.6 Å². The van der Waals surface area contributed by atoms with Crippen molar-refractivity contribution in [3.8, 4) is 0 Å². The molecule has 2 amide bonds. The fourth-order valence-corrected chi connectivity index (χ4v) is 6.30. The van der Waals surface area contributed by atoms with Crippen molar-refractivity contribution in [2.24, 2.45) is 0 Å². The Bertz CT molecular complexity index is 1570. The molecule has 13 nitrogen and oxygen atoms in total. The van der Waals surface area contributed by atoms with Gasteiger partial charge in [0, 0.05) is 13.0 Å². The third-order valence-corrected chi connectivity index (χ3v) is 8.33. The lowest BCUT2D eigenvalue weighted by molar-refractivity contribution is -0.148. The quantitative estimate of drug-likeness (QED) is 0.232. The molecule has 0 spiro atoms. The maximum absolute atomic E-state index is 12.9. The number of anilines is 1. The zero-order valence-electron chi connectivity index (χ0n) is 22.8. The van der Waals surface area contributed by atoms with E-state index in [1.54, 1.807) is 28.8 Å². The Labute approximate surface area is 241 Å². The monoisotopic (exact) mass is 594 g/mol. The molecule has 2 aromatic heterocycles. The van der Waals surface area contributed by atoms with Crippen LogP contribution in [0.4, 0.5) is 10.6 Å². The number of aromatic nitrogens is 4. The van der Waals surface area contributed by atoms with Crippen molar-refractivity contribution < 1.29 is 33.0 Å². The van der Waals surface area contributed by atoms with Crippen molar-refractivity contribution in [2.45, 2.75) is 50.3 Å². The normalized spacial score (nSPS) is 24.8. The van der Waals surface area contributed by atoms with Crippen molar-refractivity contribution in [2.75, 3.05) is 18.5 Å². The van der Waals surface area contributed by atoms with E-state index in [0.717, 1.165) is 5.56 Å². The first kappa shape index (κ1) is 28.4.